The van der Waals surface area contributed by atoms with Crippen molar-refractivity contribution in [3.63, 3.8) is 0 Å². The van der Waals surface area contributed by atoms with Crippen LogP contribution in [0, 0.1) is 23.1 Å². The van der Waals surface area contributed by atoms with E-state index in [0.717, 1.165) is 0 Å². The molecule has 1 aromatic carbocycles. The predicted octanol–water partition coefficient (Wildman–Crippen LogP) is 2.07. The Labute approximate surface area is 142 Å². The van der Waals surface area contributed by atoms with Gasteiger partial charge in [-0.2, -0.15) is 0 Å². The Morgan fingerprint density at radius 3 is 2.38 bits per heavy atom. The first-order valence-electron chi connectivity index (χ1n) is 8.05. The van der Waals surface area contributed by atoms with Crippen LogP contribution in [0.1, 0.15) is 19.4 Å². The van der Waals surface area contributed by atoms with E-state index >= 15 is 0 Å². The van der Waals surface area contributed by atoms with Gasteiger partial charge in [0, 0.05) is 19.6 Å². The van der Waals surface area contributed by atoms with Crippen molar-refractivity contribution in [3.05, 3.63) is 35.6 Å². The number of carboxylic acids is 1. The molecule has 2 atom stereocenters. The van der Waals surface area contributed by atoms with Crippen molar-refractivity contribution in [2.45, 2.75) is 20.4 Å². The molecule has 0 aliphatic heterocycles. The number of hydrogen-bond acceptors (Lipinski definition) is 3. The lowest BCUT2D eigenvalue weighted by Gasteiger charge is -2.25. The molecule has 1 aliphatic carbocycles. The molecule has 1 aromatic rings. The number of halogens is 1. The number of benzene rings is 1. The van der Waals surface area contributed by atoms with Crippen LogP contribution >= 0.6 is 0 Å². The van der Waals surface area contributed by atoms with Gasteiger partial charge in [0.25, 0.3) is 0 Å². The average molecular weight is 336 g/mol. The Kier molecular flexibility index (Phi) is 5.28. The van der Waals surface area contributed by atoms with Crippen LogP contribution in [0.4, 0.5) is 4.39 Å². The summed E-state index contributed by atoms with van der Waals surface area (Å²) in [7, 11) is 3.82. The van der Waals surface area contributed by atoms with Crippen LogP contribution in [-0.2, 0) is 16.1 Å². The van der Waals surface area contributed by atoms with E-state index in [1.54, 1.807) is 30.9 Å². The quantitative estimate of drug-likeness (QED) is 0.828. The van der Waals surface area contributed by atoms with Crippen LogP contribution in [0.15, 0.2) is 24.3 Å². The molecule has 5 nitrogen and oxygen atoms in total. The zero-order chi connectivity index (χ0) is 18.1. The molecule has 0 radical (unpaired) electrons. The first kappa shape index (κ1) is 18.4. The second-order valence-electron chi connectivity index (χ2n) is 7.31. The maximum Gasteiger partial charge on any atom is 0.307 e. The molecule has 0 unspecified atom stereocenters. The molecule has 1 N–H and O–H groups in total. The van der Waals surface area contributed by atoms with E-state index in [9.17, 15) is 19.1 Å². The minimum Gasteiger partial charge on any atom is -0.481 e. The molecular weight excluding hydrogens is 311 g/mol. The molecule has 6 heteroatoms. The van der Waals surface area contributed by atoms with Crippen molar-refractivity contribution in [1.82, 2.24) is 9.80 Å². The summed E-state index contributed by atoms with van der Waals surface area (Å²) in [5, 5.41) is 9.31. The van der Waals surface area contributed by atoms with Gasteiger partial charge in [0.1, 0.15) is 5.82 Å². The van der Waals surface area contributed by atoms with Gasteiger partial charge in [-0.25, -0.2) is 4.39 Å². The molecule has 1 saturated carbocycles. The molecule has 0 spiro atoms. The number of carboxylic acid groups (broad SMARTS) is 1. The normalized spacial score (nSPS) is 21.6. The molecular formula is C18H25FN2O3. The van der Waals surface area contributed by atoms with E-state index in [1.807, 2.05) is 19.0 Å². The minimum absolute atomic E-state index is 0.168. The third kappa shape index (κ3) is 3.93. The van der Waals surface area contributed by atoms with E-state index in [1.165, 1.54) is 12.1 Å². The van der Waals surface area contributed by atoms with Crippen LogP contribution < -0.4 is 0 Å². The minimum atomic E-state index is -0.934. The molecule has 1 amide bonds. The van der Waals surface area contributed by atoms with Gasteiger partial charge in [0.05, 0.1) is 11.8 Å². The first-order valence-corrected chi connectivity index (χ1v) is 8.05. The van der Waals surface area contributed by atoms with E-state index in [4.69, 9.17) is 0 Å². The van der Waals surface area contributed by atoms with Crippen LogP contribution in [0.25, 0.3) is 0 Å². The van der Waals surface area contributed by atoms with E-state index in [2.05, 4.69) is 0 Å². The summed E-state index contributed by atoms with van der Waals surface area (Å²) in [6.45, 7) is 5.03. The average Bonchev–Trinajstić information content (AvgIpc) is 3.05. The highest BCUT2D eigenvalue weighted by atomic mass is 19.1. The molecule has 0 aromatic heterocycles. The van der Waals surface area contributed by atoms with E-state index < -0.39 is 23.2 Å². The summed E-state index contributed by atoms with van der Waals surface area (Å²) < 4.78 is 13.4. The second-order valence-corrected chi connectivity index (χ2v) is 7.31. The van der Waals surface area contributed by atoms with Gasteiger partial charge in [0.2, 0.25) is 5.91 Å². The van der Waals surface area contributed by atoms with Gasteiger partial charge >= 0.3 is 5.97 Å². The number of likely N-dealkylation sites (N-methyl/N-ethyl adjacent to an activating group) is 1. The fourth-order valence-corrected chi connectivity index (χ4v) is 3.20. The van der Waals surface area contributed by atoms with Crippen molar-refractivity contribution >= 4 is 11.9 Å². The summed E-state index contributed by atoms with van der Waals surface area (Å²) in [6.07, 6.45) is 0. The van der Waals surface area contributed by atoms with Gasteiger partial charge in [-0.05, 0) is 37.2 Å². The Bertz CT molecular complexity index is 630. The maximum atomic E-state index is 13.4. The van der Waals surface area contributed by atoms with Gasteiger partial charge in [-0.15, -0.1) is 0 Å². The van der Waals surface area contributed by atoms with Crippen molar-refractivity contribution in [3.8, 4) is 0 Å². The number of aliphatic carboxylic acids is 1. The number of carbonyl (C=O) groups excluding carboxylic acids is 1. The maximum absolute atomic E-state index is 13.4. The molecule has 1 fully saturated rings. The lowest BCUT2D eigenvalue weighted by atomic mass is 10.1. The van der Waals surface area contributed by atoms with Crippen molar-refractivity contribution < 1.29 is 19.1 Å². The van der Waals surface area contributed by atoms with Crippen LogP contribution in [0.3, 0.4) is 0 Å². The Hall–Kier alpha value is -1.95. The molecule has 1 aliphatic rings. The Balaban J connectivity index is 2.16. The molecule has 0 heterocycles. The SMILES string of the molecule is CN(C)CCN(Cc1cccc(F)c1)C(=O)[C@@H]1[C@H](C(=O)O)C1(C)C. The smallest absolute Gasteiger partial charge is 0.307 e. The second kappa shape index (κ2) is 6.89. The van der Waals surface area contributed by atoms with Gasteiger partial charge in [-0.1, -0.05) is 26.0 Å². The van der Waals surface area contributed by atoms with Gasteiger partial charge in [0.15, 0.2) is 0 Å². The summed E-state index contributed by atoms with van der Waals surface area (Å²) in [4.78, 5) is 27.8. The summed E-state index contributed by atoms with van der Waals surface area (Å²) >= 11 is 0. The predicted molar refractivity (Wildman–Crippen MR) is 88.8 cm³/mol. The lowest BCUT2D eigenvalue weighted by molar-refractivity contribution is -0.142. The monoisotopic (exact) mass is 336 g/mol. The number of nitrogens with zero attached hydrogens (tertiary/aromatic N) is 2. The largest absolute Gasteiger partial charge is 0.481 e. The molecule has 132 valence electrons. The standard InChI is InChI=1S/C18H25FN2O3/c1-18(2)14(15(18)17(23)24)16(22)21(9-8-20(3)4)11-12-6-5-7-13(19)10-12/h5-7,10,14-15H,8-9,11H2,1-4H3,(H,23,24)/t14-,15+/m0/s1. The first-order chi connectivity index (χ1) is 11.1. The summed E-state index contributed by atoms with van der Waals surface area (Å²) in [6, 6.07) is 6.15. The highest BCUT2D eigenvalue weighted by molar-refractivity contribution is 5.91. The zero-order valence-electron chi connectivity index (χ0n) is 14.6. The lowest BCUT2D eigenvalue weighted by Crippen LogP contribution is -2.38. The number of hydrogen-bond donors (Lipinski definition) is 1. The fourth-order valence-electron chi connectivity index (χ4n) is 3.20. The van der Waals surface area contributed by atoms with Crippen molar-refractivity contribution in [2.75, 3.05) is 27.2 Å². The van der Waals surface area contributed by atoms with E-state index in [-0.39, 0.29) is 18.3 Å². The van der Waals surface area contributed by atoms with Gasteiger partial charge in [-0.3, -0.25) is 9.59 Å². The molecule has 0 bridgehead atoms. The highest BCUT2D eigenvalue weighted by Gasteiger charge is 2.66. The number of carbonyl (C=O) groups is 2. The van der Waals surface area contributed by atoms with Crippen molar-refractivity contribution in [2.24, 2.45) is 17.3 Å². The van der Waals surface area contributed by atoms with Gasteiger partial charge < -0.3 is 14.9 Å². The highest BCUT2D eigenvalue weighted by Crippen LogP contribution is 2.59. The molecule has 2 rings (SSSR count). The Morgan fingerprint density at radius 1 is 1.21 bits per heavy atom. The van der Waals surface area contributed by atoms with Crippen molar-refractivity contribution in [1.29, 1.82) is 0 Å². The fraction of sp³-hybridized carbons (Fsp3) is 0.556. The number of amides is 1. The molecule has 24 heavy (non-hydrogen) atoms. The zero-order valence-corrected chi connectivity index (χ0v) is 14.6. The topological polar surface area (TPSA) is 60.9 Å². The third-order valence-electron chi connectivity index (χ3n) is 4.75. The molecule has 0 saturated heterocycles. The Morgan fingerprint density at radius 2 is 1.88 bits per heavy atom. The van der Waals surface area contributed by atoms with Crippen LogP contribution in [0.5, 0.6) is 0 Å². The third-order valence-corrected chi connectivity index (χ3v) is 4.75. The van der Waals surface area contributed by atoms with Crippen LogP contribution in [-0.4, -0.2) is 54.0 Å². The number of rotatable bonds is 7. The van der Waals surface area contributed by atoms with Crippen LogP contribution in [0.2, 0.25) is 0 Å². The summed E-state index contributed by atoms with van der Waals surface area (Å²) in [5.74, 6) is -2.62. The summed E-state index contributed by atoms with van der Waals surface area (Å²) in [5.41, 5.74) is 0.161. The van der Waals surface area contributed by atoms with E-state index in [0.29, 0.717) is 18.7 Å².